The van der Waals surface area contributed by atoms with Gasteiger partial charge in [0.25, 0.3) is 11.6 Å². The number of nitrogens with one attached hydrogen (secondary N) is 2. The second kappa shape index (κ2) is 8.99. The molecular weight excluding hydrogens is 470 g/mol. The van der Waals surface area contributed by atoms with Gasteiger partial charge in [-0.15, -0.1) is 5.10 Å². The van der Waals surface area contributed by atoms with Gasteiger partial charge in [-0.05, 0) is 25.1 Å². The van der Waals surface area contributed by atoms with Crippen LogP contribution in [0.5, 0.6) is 0 Å². The standard InChI is InChI=1S/C24H18ClN7O3/c1-14-20(23(33)28-16-7-5-11-26-13-16)21(18-9-2-3-10-19(18)25)31-24(27-14)29-22(30-31)15-6-4-8-17(12-15)32(34)35/h2-13,21H,1H3,(H,28,33)(H,27,29,30). The van der Waals surface area contributed by atoms with Crippen molar-refractivity contribution in [2.75, 3.05) is 10.6 Å². The Bertz CT molecular complexity index is 1480. The molecule has 2 N–H and O–H groups in total. The van der Waals surface area contributed by atoms with Crippen LogP contribution in [0.3, 0.4) is 0 Å². The van der Waals surface area contributed by atoms with E-state index in [9.17, 15) is 14.9 Å². The summed E-state index contributed by atoms with van der Waals surface area (Å²) >= 11 is 6.56. The highest BCUT2D eigenvalue weighted by Gasteiger charge is 2.35. The SMILES string of the molecule is CC1=C(C(=O)Nc2cccnc2)C(c2ccccc2Cl)n2nc(-c3cccc([N+](=O)[O-])c3)nc2N1. The summed E-state index contributed by atoms with van der Waals surface area (Å²) in [7, 11) is 0. The van der Waals surface area contributed by atoms with E-state index in [0.717, 1.165) is 0 Å². The maximum atomic E-state index is 13.5. The van der Waals surface area contributed by atoms with Crippen LogP contribution >= 0.6 is 11.6 Å². The van der Waals surface area contributed by atoms with Gasteiger partial charge < -0.3 is 10.6 Å². The van der Waals surface area contributed by atoms with Gasteiger partial charge in [-0.3, -0.25) is 19.9 Å². The molecule has 0 radical (unpaired) electrons. The first kappa shape index (κ1) is 22.2. The van der Waals surface area contributed by atoms with Crippen molar-refractivity contribution in [1.29, 1.82) is 0 Å². The van der Waals surface area contributed by atoms with Crippen molar-refractivity contribution < 1.29 is 9.72 Å². The fourth-order valence-electron chi connectivity index (χ4n) is 3.95. The highest BCUT2D eigenvalue weighted by Crippen LogP contribution is 2.39. The fraction of sp³-hybridized carbons (Fsp3) is 0.0833. The predicted octanol–water partition coefficient (Wildman–Crippen LogP) is 4.83. The zero-order valence-corrected chi connectivity index (χ0v) is 19.1. The second-order valence-electron chi connectivity index (χ2n) is 7.79. The zero-order chi connectivity index (χ0) is 24.5. The van der Waals surface area contributed by atoms with E-state index >= 15 is 0 Å². The average molecular weight is 488 g/mol. The minimum Gasteiger partial charge on any atom is -0.328 e. The smallest absolute Gasteiger partial charge is 0.270 e. The molecule has 5 rings (SSSR count). The number of halogens is 1. The number of nitrogens with zero attached hydrogens (tertiary/aromatic N) is 5. The third kappa shape index (κ3) is 4.22. The normalized spacial score (nSPS) is 14.7. The summed E-state index contributed by atoms with van der Waals surface area (Å²) in [6.07, 6.45) is 3.17. The Balaban J connectivity index is 1.62. The number of rotatable bonds is 5. The van der Waals surface area contributed by atoms with Gasteiger partial charge in [0.05, 0.1) is 22.4 Å². The number of fused-ring (bicyclic) bond motifs is 1. The summed E-state index contributed by atoms with van der Waals surface area (Å²) < 4.78 is 1.57. The molecule has 0 aliphatic carbocycles. The number of benzene rings is 2. The van der Waals surface area contributed by atoms with E-state index in [2.05, 4.69) is 25.7 Å². The van der Waals surface area contributed by atoms with E-state index in [4.69, 9.17) is 11.6 Å². The van der Waals surface area contributed by atoms with Crippen LogP contribution in [-0.4, -0.2) is 30.6 Å². The molecule has 174 valence electrons. The maximum Gasteiger partial charge on any atom is 0.270 e. The van der Waals surface area contributed by atoms with Gasteiger partial charge in [0.2, 0.25) is 5.95 Å². The number of carbonyl (C=O) groups is 1. The van der Waals surface area contributed by atoms with Crippen molar-refractivity contribution in [3.05, 3.63) is 105 Å². The Morgan fingerprint density at radius 3 is 2.74 bits per heavy atom. The van der Waals surface area contributed by atoms with Crippen molar-refractivity contribution >= 4 is 34.8 Å². The number of allylic oxidation sites excluding steroid dienone is 1. The first-order chi connectivity index (χ1) is 16.9. The lowest BCUT2D eigenvalue weighted by Crippen LogP contribution is -2.31. The van der Waals surface area contributed by atoms with Gasteiger partial charge in [-0.25, -0.2) is 4.68 Å². The van der Waals surface area contributed by atoms with E-state index in [1.165, 1.54) is 12.1 Å². The van der Waals surface area contributed by atoms with Gasteiger partial charge >= 0.3 is 0 Å². The zero-order valence-electron chi connectivity index (χ0n) is 18.3. The first-order valence-corrected chi connectivity index (χ1v) is 10.9. The van der Waals surface area contributed by atoms with Crippen molar-refractivity contribution in [2.45, 2.75) is 13.0 Å². The van der Waals surface area contributed by atoms with Crippen LogP contribution in [0, 0.1) is 10.1 Å². The Morgan fingerprint density at radius 1 is 1.17 bits per heavy atom. The molecule has 0 saturated carbocycles. The number of non-ortho nitro benzene ring substituents is 1. The lowest BCUT2D eigenvalue weighted by molar-refractivity contribution is -0.384. The number of anilines is 2. The summed E-state index contributed by atoms with van der Waals surface area (Å²) in [5.41, 5.74) is 2.56. The fourth-order valence-corrected chi connectivity index (χ4v) is 4.18. The van der Waals surface area contributed by atoms with Crippen LogP contribution in [0.4, 0.5) is 17.3 Å². The molecule has 1 amide bonds. The summed E-state index contributed by atoms with van der Waals surface area (Å²) in [5.74, 6) is 0.299. The monoisotopic (exact) mass is 487 g/mol. The van der Waals surface area contributed by atoms with Crippen molar-refractivity contribution in [3.63, 3.8) is 0 Å². The van der Waals surface area contributed by atoms with E-state index in [0.29, 0.717) is 39.1 Å². The minimum atomic E-state index is -0.698. The lowest BCUT2D eigenvalue weighted by Gasteiger charge is -2.29. The summed E-state index contributed by atoms with van der Waals surface area (Å²) in [6, 6.07) is 16.0. The molecule has 1 aliphatic heterocycles. The van der Waals surface area contributed by atoms with Crippen LogP contribution in [0.2, 0.25) is 5.02 Å². The van der Waals surface area contributed by atoms with Crippen molar-refractivity contribution in [2.24, 2.45) is 0 Å². The molecular formula is C24H18ClN7O3. The molecule has 35 heavy (non-hydrogen) atoms. The molecule has 1 atom stereocenters. The summed E-state index contributed by atoms with van der Waals surface area (Å²) in [5, 5.41) is 22.3. The number of nitro benzene ring substituents is 1. The van der Waals surface area contributed by atoms with E-state index in [1.54, 1.807) is 60.4 Å². The molecule has 0 fully saturated rings. The predicted molar refractivity (Wildman–Crippen MR) is 131 cm³/mol. The van der Waals surface area contributed by atoms with Gasteiger partial charge in [0.15, 0.2) is 5.82 Å². The number of carbonyl (C=O) groups excluding carboxylic acids is 1. The molecule has 1 aliphatic rings. The number of amides is 1. The van der Waals surface area contributed by atoms with Gasteiger partial charge in [-0.2, -0.15) is 4.98 Å². The van der Waals surface area contributed by atoms with Crippen LogP contribution in [0.1, 0.15) is 18.5 Å². The van der Waals surface area contributed by atoms with Gasteiger partial charge in [0.1, 0.15) is 6.04 Å². The first-order valence-electron chi connectivity index (χ1n) is 10.6. The minimum absolute atomic E-state index is 0.0725. The molecule has 4 aromatic rings. The quantitative estimate of drug-likeness (QED) is 0.305. The molecule has 2 aromatic carbocycles. The number of hydrogen-bond donors (Lipinski definition) is 2. The largest absolute Gasteiger partial charge is 0.328 e. The van der Waals surface area contributed by atoms with Crippen LogP contribution in [-0.2, 0) is 4.79 Å². The van der Waals surface area contributed by atoms with Crippen LogP contribution < -0.4 is 10.6 Å². The Morgan fingerprint density at radius 2 is 2.00 bits per heavy atom. The van der Waals surface area contributed by atoms with Crippen molar-refractivity contribution in [1.82, 2.24) is 19.7 Å². The van der Waals surface area contributed by atoms with Gasteiger partial charge in [-0.1, -0.05) is 41.9 Å². The van der Waals surface area contributed by atoms with E-state index in [-0.39, 0.29) is 17.4 Å². The molecule has 0 spiro atoms. The lowest BCUT2D eigenvalue weighted by atomic mass is 9.95. The topological polar surface area (TPSA) is 128 Å². The Labute approximate surface area is 204 Å². The number of nitro groups is 1. The molecule has 11 heteroatoms. The number of aromatic nitrogens is 4. The third-order valence-corrected chi connectivity index (χ3v) is 5.88. The second-order valence-corrected chi connectivity index (χ2v) is 8.20. The average Bonchev–Trinajstić information content (AvgIpc) is 3.28. The molecule has 0 saturated heterocycles. The van der Waals surface area contributed by atoms with Gasteiger partial charge in [0, 0.05) is 40.2 Å². The van der Waals surface area contributed by atoms with E-state index < -0.39 is 11.0 Å². The van der Waals surface area contributed by atoms with Crippen LogP contribution in [0.25, 0.3) is 11.4 Å². The molecule has 1 unspecified atom stereocenters. The molecule has 2 aromatic heterocycles. The molecule has 0 bridgehead atoms. The van der Waals surface area contributed by atoms with Crippen LogP contribution in [0.15, 0.2) is 84.3 Å². The van der Waals surface area contributed by atoms with E-state index in [1.807, 2.05) is 12.1 Å². The number of pyridine rings is 1. The summed E-state index contributed by atoms with van der Waals surface area (Å²) in [6.45, 7) is 1.77. The summed E-state index contributed by atoms with van der Waals surface area (Å²) in [4.78, 5) is 32.8. The maximum absolute atomic E-state index is 13.5. The number of hydrogen-bond acceptors (Lipinski definition) is 7. The Hall–Kier alpha value is -4.57. The highest BCUT2D eigenvalue weighted by molar-refractivity contribution is 6.31. The molecule has 10 nitrogen and oxygen atoms in total. The third-order valence-electron chi connectivity index (χ3n) is 5.53. The molecule has 3 heterocycles. The highest BCUT2D eigenvalue weighted by atomic mass is 35.5. The van der Waals surface area contributed by atoms with Crippen molar-refractivity contribution in [3.8, 4) is 11.4 Å². The Kier molecular flexibility index (Phi) is 5.71.